The van der Waals surface area contributed by atoms with Crippen molar-refractivity contribution >= 4 is 28.9 Å². The van der Waals surface area contributed by atoms with Crippen molar-refractivity contribution in [1.82, 2.24) is 14.6 Å². The number of rotatable bonds is 8. The van der Waals surface area contributed by atoms with Crippen LogP contribution in [0.5, 0.6) is 5.75 Å². The van der Waals surface area contributed by atoms with E-state index < -0.39 is 11.3 Å². The zero-order valence-corrected chi connectivity index (χ0v) is 17.0. The van der Waals surface area contributed by atoms with Crippen molar-refractivity contribution in [2.45, 2.75) is 20.3 Å². The summed E-state index contributed by atoms with van der Waals surface area (Å²) in [5.74, 6) is 1.17. The van der Waals surface area contributed by atoms with E-state index in [1.807, 2.05) is 38.1 Å². The molecule has 0 aliphatic carbocycles. The fraction of sp³-hybridized carbons (Fsp3) is 0.350. The van der Waals surface area contributed by atoms with Gasteiger partial charge in [-0.3, -0.25) is 4.79 Å². The first-order valence-electron chi connectivity index (χ1n) is 9.20. The van der Waals surface area contributed by atoms with Crippen molar-refractivity contribution in [3.8, 4) is 5.75 Å². The molecule has 0 bridgehead atoms. The molecule has 0 radical (unpaired) electrons. The SMILES string of the molecule is CNc1cc(Nc2ccccc2OC)nc2c(C(N)=O)c(CC(C)(C)CO)nn12. The summed E-state index contributed by atoms with van der Waals surface area (Å²) in [5, 5.41) is 20.4. The number of ether oxygens (including phenoxy) is 1. The molecule has 0 saturated heterocycles. The molecule has 3 rings (SSSR count). The van der Waals surface area contributed by atoms with Crippen LogP contribution in [-0.2, 0) is 6.42 Å². The number of aliphatic hydroxyl groups excluding tert-OH is 1. The number of hydrogen-bond acceptors (Lipinski definition) is 7. The molecule has 0 fully saturated rings. The topological polar surface area (TPSA) is 127 Å². The maximum atomic E-state index is 12.2. The van der Waals surface area contributed by atoms with Crippen LogP contribution >= 0.6 is 0 Å². The highest BCUT2D eigenvalue weighted by atomic mass is 16.5. The summed E-state index contributed by atoms with van der Waals surface area (Å²) in [6, 6.07) is 9.23. The lowest BCUT2D eigenvalue weighted by atomic mass is 9.88. The molecule has 2 heterocycles. The van der Waals surface area contributed by atoms with Crippen LogP contribution in [0.3, 0.4) is 0 Å². The number of amides is 1. The van der Waals surface area contributed by atoms with Crippen molar-refractivity contribution in [3.05, 3.63) is 41.6 Å². The Labute approximate surface area is 168 Å². The van der Waals surface area contributed by atoms with E-state index >= 15 is 0 Å². The number of anilines is 3. The second-order valence-electron chi connectivity index (χ2n) is 7.52. The van der Waals surface area contributed by atoms with Gasteiger partial charge in [0.25, 0.3) is 5.91 Å². The lowest BCUT2D eigenvalue weighted by Crippen LogP contribution is -2.22. The molecule has 2 aromatic heterocycles. The molecule has 29 heavy (non-hydrogen) atoms. The fourth-order valence-electron chi connectivity index (χ4n) is 3.07. The van der Waals surface area contributed by atoms with Crippen LogP contribution in [0.4, 0.5) is 17.3 Å². The number of nitrogens with two attached hydrogens (primary N) is 1. The van der Waals surface area contributed by atoms with Gasteiger partial charge in [0, 0.05) is 19.7 Å². The molecule has 9 heteroatoms. The van der Waals surface area contributed by atoms with Gasteiger partial charge in [0.15, 0.2) is 5.65 Å². The fourth-order valence-corrected chi connectivity index (χ4v) is 3.07. The Hall–Kier alpha value is -3.33. The highest BCUT2D eigenvalue weighted by Crippen LogP contribution is 2.30. The normalized spacial score (nSPS) is 11.5. The van der Waals surface area contributed by atoms with Crippen LogP contribution in [0.2, 0.25) is 0 Å². The van der Waals surface area contributed by atoms with Crippen molar-refractivity contribution in [2.24, 2.45) is 11.1 Å². The number of carbonyl (C=O) groups is 1. The Morgan fingerprint density at radius 3 is 2.69 bits per heavy atom. The van der Waals surface area contributed by atoms with Gasteiger partial charge in [0.1, 0.15) is 22.9 Å². The number of hydrogen-bond donors (Lipinski definition) is 4. The molecule has 0 aliphatic rings. The predicted octanol–water partition coefficient (Wildman–Crippen LogP) is 2.18. The molecule has 0 unspecified atom stereocenters. The summed E-state index contributed by atoms with van der Waals surface area (Å²) < 4.78 is 6.93. The number of nitrogens with one attached hydrogen (secondary N) is 2. The van der Waals surface area contributed by atoms with Gasteiger partial charge in [-0.1, -0.05) is 26.0 Å². The Balaban J connectivity index is 2.15. The minimum absolute atomic E-state index is 0.0496. The highest BCUT2D eigenvalue weighted by molar-refractivity contribution is 6.00. The summed E-state index contributed by atoms with van der Waals surface area (Å²) in [4.78, 5) is 16.8. The second-order valence-corrected chi connectivity index (χ2v) is 7.52. The third-order valence-electron chi connectivity index (χ3n) is 4.61. The number of aromatic nitrogens is 3. The Bertz CT molecular complexity index is 1040. The Morgan fingerprint density at radius 2 is 2.07 bits per heavy atom. The van der Waals surface area contributed by atoms with E-state index in [9.17, 15) is 9.90 Å². The second kappa shape index (κ2) is 7.96. The van der Waals surface area contributed by atoms with Gasteiger partial charge in [0.2, 0.25) is 0 Å². The van der Waals surface area contributed by atoms with Crippen molar-refractivity contribution in [2.75, 3.05) is 31.4 Å². The third-order valence-corrected chi connectivity index (χ3v) is 4.61. The molecule has 9 nitrogen and oxygen atoms in total. The minimum atomic E-state index is -0.618. The van der Waals surface area contributed by atoms with Crippen LogP contribution in [0.15, 0.2) is 30.3 Å². The Morgan fingerprint density at radius 1 is 1.34 bits per heavy atom. The van der Waals surface area contributed by atoms with Crippen LogP contribution in [0.1, 0.15) is 29.9 Å². The van der Waals surface area contributed by atoms with E-state index in [0.717, 1.165) is 5.69 Å². The van der Waals surface area contributed by atoms with Crippen molar-refractivity contribution in [3.63, 3.8) is 0 Å². The van der Waals surface area contributed by atoms with E-state index in [2.05, 4.69) is 20.7 Å². The van der Waals surface area contributed by atoms with Crippen LogP contribution in [0.25, 0.3) is 5.65 Å². The van der Waals surface area contributed by atoms with Gasteiger partial charge in [-0.15, -0.1) is 0 Å². The number of benzene rings is 1. The monoisotopic (exact) mass is 398 g/mol. The average molecular weight is 398 g/mol. The number of para-hydroxylation sites is 2. The number of aliphatic hydroxyl groups is 1. The first-order valence-corrected chi connectivity index (χ1v) is 9.20. The zero-order valence-electron chi connectivity index (χ0n) is 17.0. The molecular weight excluding hydrogens is 372 g/mol. The van der Waals surface area contributed by atoms with Crippen LogP contribution in [0, 0.1) is 5.41 Å². The minimum Gasteiger partial charge on any atom is -0.495 e. The third kappa shape index (κ3) is 4.09. The smallest absolute Gasteiger partial charge is 0.254 e. The highest BCUT2D eigenvalue weighted by Gasteiger charge is 2.27. The number of carbonyl (C=O) groups excluding carboxylic acids is 1. The number of nitrogens with zero attached hydrogens (tertiary/aromatic N) is 3. The molecule has 1 aromatic carbocycles. The summed E-state index contributed by atoms with van der Waals surface area (Å²) in [6.45, 7) is 3.73. The van der Waals surface area contributed by atoms with Gasteiger partial charge >= 0.3 is 0 Å². The van der Waals surface area contributed by atoms with Gasteiger partial charge < -0.3 is 26.2 Å². The zero-order chi connectivity index (χ0) is 21.2. The van der Waals surface area contributed by atoms with Crippen molar-refractivity contribution < 1.29 is 14.6 Å². The molecule has 154 valence electrons. The summed E-state index contributed by atoms with van der Waals surface area (Å²) in [5.41, 5.74) is 7.02. The maximum absolute atomic E-state index is 12.2. The number of fused-ring (bicyclic) bond motifs is 1. The first kappa shape index (κ1) is 20.4. The Kier molecular flexibility index (Phi) is 5.60. The van der Waals surface area contributed by atoms with Crippen LogP contribution < -0.4 is 21.1 Å². The number of primary amides is 1. The molecular formula is C20H26N6O3. The molecule has 3 aromatic rings. The van der Waals surface area contributed by atoms with Gasteiger partial charge in [0.05, 0.1) is 18.5 Å². The first-order chi connectivity index (χ1) is 13.8. The van der Waals surface area contributed by atoms with E-state index in [-0.39, 0.29) is 12.2 Å². The largest absolute Gasteiger partial charge is 0.495 e. The van der Waals surface area contributed by atoms with E-state index in [1.54, 1.807) is 24.7 Å². The van der Waals surface area contributed by atoms with E-state index in [1.165, 1.54) is 0 Å². The maximum Gasteiger partial charge on any atom is 0.254 e. The summed E-state index contributed by atoms with van der Waals surface area (Å²) in [6.07, 6.45) is 0.379. The van der Waals surface area contributed by atoms with Gasteiger partial charge in [-0.25, -0.2) is 4.98 Å². The predicted molar refractivity (Wildman–Crippen MR) is 112 cm³/mol. The van der Waals surface area contributed by atoms with Gasteiger partial charge in [-0.2, -0.15) is 9.61 Å². The molecule has 0 aliphatic heterocycles. The average Bonchev–Trinajstić information content (AvgIpc) is 3.05. The molecule has 0 saturated carbocycles. The molecule has 1 amide bonds. The summed E-state index contributed by atoms with van der Waals surface area (Å²) >= 11 is 0. The summed E-state index contributed by atoms with van der Waals surface area (Å²) in [7, 11) is 3.35. The van der Waals surface area contributed by atoms with E-state index in [4.69, 9.17) is 10.5 Å². The van der Waals surface area contributed by atoms with Crippen LogP contribution in [-0.4, -0.2) is 46.4 Å². The van der Waals surface area contributed by atoms with Gasteiger partial charge in [-0.05, 0) is 24.0 Å². The lowest BCUT2D eigenvalue weighted by molar-refractivity contribution is 0.0999. The van der Waals surface area contributed by atoms with Crippen molar-refractivity contribution in [1.29, 1.82) is 0 Å². The molecule has 5 N–H and O–H groups in total. The molecule has 0 spiro atoms. The molecule has 0 atom stereocenters. The standard InChI is InChI=1S/C20H26N6O3/c1-20(2,11-27)10-13-17(18(21)28)19-24-15(9-16(22-3)26(19)25-13)23-12-7-5-6-8-14(12)29-4/h5-9,22,27H,10-11H2,1-4H3,(H2,21,28)(H,23,24). The van der Waals surface area contributed by atoms with E-state index in [0.29, 0.717) is 35.1 Å². The number of methoxy groups -OCH3 is 1. The lowest BCUT2D eigenvalue weighted by Gasteiger charge is -2.20. The quantitative estimate of drug-likeness (QED) is 0.458.